The number of benzene rings is 1. The first-order valence-electron chi connectivity index (χ1n) is 6.30. The van der Waals surface area contributed by atoms with E-state index in [0.29, 0.717) is 18.0 Å². The third-order valence-electron chi connectivity index (χ3n) is 2.83. The van der Waals surface area contributed by atoms with Crippen molar-refractivity contribution in [2.75, 3.05) is 6.54 Å². The van der Waals surface area contributed by atoms with Crippen LogP contribution in [0.5, 0.6) is 0 Å². The highest BCUT2D eigenvalue weighted by Gasteiger charge is 2.05. The predicted octanol–water partition coefficient (Wildman–Crippen LogP) is 3.68. The number of rotatable bonds is 7. The summed E-state index contributed by atoms with van der Waals surface area (Å²) in [6.45, 7) is 5.26. The molecule has 0 radical (unpaired) electrons. The SMILES string of the molecule is CCCNC(C)CCCc1cc(F)ccc1F. The highest BCUT2D eigenvalue weighted by molar-refractivity contribution is 5.18. The molecule has 1 atom stereocenters. The summed E-state index contributed by atoms with van der Waals surface area (Å²) in [5.41, 5.74) is 0.479. The fourth-order valence-corrected chi connectivity index (χ4v) is 1.83. The van der Waals surface area contributed by atoms with E-state index >= 15 is 0 Å². The maximum Gasteiger partial charge on any atom is 0.126 e. The lowest BCUT2D eigenvalue weighted by Crippen LogP contribution is -2.26. The maximum absolute atomic E-state index is 13.3. The van der Waals surface area contributed by atoms with Crippen LogP contribution in [0.4, 0.5) is 8.78 Å². The Labute approximate surface area is 102 Å². The molecule has 1 rings (SSSR count). The molecular weight excluding hydrogens is 220 g/mol. The molecule has 1 aromatic carbocycles. The zero-order valence-electron chi connectivity index (χ0n) is 10.6. The molecule has 3 heteroatoms. The lowest BCUT2D eigenvalue weighted by atomic mass is 10.0. The Morgan fingerprint density at radius 2 is 2.06 bits per heavy atom. The van der Waals surface area contributed by atoms with E-state index in [1.165, 1.54) is 12.1 Å². The van der Waals surface area contributed by atoms with Crippen molar-refractivity contribution >= 4 is 0 Å². The molecule has 0 bridgehead atoms. The van der Waals surface area contributed by atoms with Gasteiger partial charge in [0.2, 0.25) is 0 Å². The Hall–Kier alpha value is -0.960. The van der Waals surface area contributed by atoms with Gasteiger partial charge in [0.1, 0.15) is 11.6 Å². The van der Waals surface area contributed by atoms with Crippen molar-refractivity contribution in [2.45, 2.75) is 45.6 Å². The third kappa shape index (κ3) is 5.26. The first-order chi connectivity index (χ1) is 8.13. The molecule has 0 saturated carbocycles. The van der Waals surface area contributed by atoms with Gasteiger partial charge in [0.15, 0.2) is 0 Å². The van der Waals surface area contributed by atoms with Crippen molar-refractivity contribution in [3.8, 4) is 0 Å². The molecule has 17 heavy (non-hydrogen) atoms. The summed E-state index contributed by atoms with van der Waals surface area (Å²) in [7, 11) is 0. The zero-order valence-corrected chi connectivity index (χ0v) is 10.6. The molecule has 0 aliphatic heterocycles. The van der Waals surface area contributed by atoms with Gasteiger partial charge in [0.05, 0.1) is 0 Å². The van der Waals surface area contributed by atoms with Gasteiger partial charge in [-0.2, -0.15) is 0 Å². The lowest BCUT2D eigenvalue weighted by molar-refractivity contribution is 0.493. The molecule has 0 spiro atoms. The summed E-state index contributed by atoms with van der Waals surface area (Å²) in [5.74, 6) is -0.667. The van der Waals surface area contributed by atoms with Crippen molar-refractivity contribution in [1.29, 1.82) is 0 Å². The van der Waals surface area contributed by atoms with Crippen LogP contribution in [0.3, 0.4) is 0 Å². The van der Waals surface area contributed by atoms with Crippen molar-refractivity contribution < 1.29 is 8.78 Å². The summed E-state index contributed by atoms with van der Waals surface area (Å²) in [6.07, 6.45) is 3.57. The van der Waals surface area contributed by atoms with E-state index in [4.69, 9.17) is 0 Å². The van der Waals surface area contributed by atoms with E-state index in [1.54, 1.807) is 0 Å². The summed E-state index contributed by atoms with van der Waals surface area (Å²) < 4.78 is 26.2. The number of halogens is 2. The standard InChI is InChI=1S/C14H21F2N/c1-3-9-17-11(2)5-4-6-12-10-13(15)7-8-14(12)16/h7-8,10-11,17H,3-6,9H2,1-2H3. The molecule has 0 fully saturated rings. The van der Waals surface area contributed by atoms with Crippen LogP contribution in [0.25, 0.3) is 0 Å². The second-order valence-corrected chi connectivity index (χ2v) is 4.48. The summed E-state index contributed by atoms with van der Waals surface area (Å²) in [5, 5.41) is 3.38. The minimum absolute atomic E-state index is 0.305. The maximum atomic E-state index is 13.3. The number of hydrogen-bond donors (Lipinski definition) is 1. The average Bonchev–Trinajstić information content (AvgIpc) is 2.31. The molecule has 1 unspecified atom stereocenters. The van der Waals surface area contributed by atoms with E-state index in [9.17, 15) is 8.78 Å². The fraction of sp³-hybridized carbons (Fsp3) is 0.571. The largest absolute Gasteiger partial charge is 0.314 e. The van der Waals surface area contributed by atoms with E-state index < -0.39 is 0 Å². The quantitative estimate of drug-likeness (QED) is 0.768. The monoisotopic (exact) mass is 241 g/mol. The molecule has 1 aromatic rings. The van der Waals surface area contributed by atoms with Crippen molar-refractivity contribution in [3.05, 3.63) is 35.4 Å². The van der Waals surface area contributed by atoms with E-state index in [-0.39, 0.29) is 11.6 Å². The van der Waals surface area contributed by atoms with Crippen LogP contribution in [-0.4, -0.2) is 12.6 Å². The van der Waals surface area contributed by atoms with Crippen LogP contribution in [0.2, 0.25) is 0 Å². The van der Waals surface area contributed by atoms with Gasteiger partial charge in [-0.15, -0.1) is 0 Å². The van der Waals surface area contributed by atoms with Gasteiger partial charge >= 0.3 is 0 Å². The second kappa shape index (κ2) is 7.38. The first-order valence-corrected chi connectivity index (χ1v) is 6.30. The fourth-order valence-electron chi connectivity index (χ4n) is 1.83. The summed E-state index contributed by atoms with van der Waals surface area (Å²) in [4.78, 5) is 0. The molecule has 1 N–H and O–H groups in total. The molecular formula is C14H21F2N. The van der Waals surface area contributed by atoms with Gasteiger partial charge in [0, 0.05) is 6.04 Å². The van der Waals surface area contributed by atoms with Crippen LogP contribution in [-0.2, 0) is 6.42 Å². The Balaban J connectivity index is 2.32. The highest BCUT2D eigenvalue weighted by atomic mass is 19.1. The normalized spacial score (nSPS) is 12.7. The lowest BCUT2D eigenvalue weighted by Gasteiger charge is -2.12. The van der Waals surface area contributed by atoms with Gasteiger partial charge in [-0.3, -0.25) is 0 Å². The third-order valence-corrected chi connectivity index (χ3v) is 2.83. The smallest absolute Gasteiger partial charge is 0.126 e. The van der Waals surface area contributed by atoms with Crippen LogP contribution >= 0.6 is 0 Å². The minimum atomic E-state index is -0.362. The summed E-state index contributed by atoms with van der Waals surface area (Å²) >= 11 is 0. The number of nitrogens with one attached hydrogen (secondary N) is 1. The molecule has 0 aromatic heterocycles. The second-order valence-electron chi connectivity index (χ2n) is 4.48. The molecule has 0 amide bonds. The van der Waals surface area contributed by atoms with Gasteiger partial charge in [-0.05, 0) is 62.9 Å². The Bertz CT molecular complexity index is 339. The Morgan fingerprint density at radius 3 is 2.76 bits per heavy atom. The van der Waals surface area contributed by atoms with Gasteiger partial charge in [-0.25, -0.2) is 8.78 Å². The highest BCUT2D eigenvalue weighted by Crippen LogP contribution is 2.13. The van der Waals surface area contributed by atoms with Crippen LogP contribution < -0.4 is 5.32 Å². The molecule has 0 heterocycles. The van der Waals surface area contributed by atoms with Gasteiger partial charge < -0.3 is 5.32 Å². The first kappa shape index (κ1) is 14.1. The molecule has 0 saturated heterocycles. The average molecular weight is 241 g/mol. The zero-order chi connectivity index (χ0) is 12.7. The number of aryl methyl sites for hydroxylation is 1. The van der Waals surface area contributed by atoms with Crippen molar-refractivity contribution in [2.24, 2.45) is 0 Å². The van der Waals surface area contributed by atoms with Crippen LogP contribution in [0.1, 0.15) is 38.7 Å². The Morgan fingerprint density at radius 1 is 1.29 bits per heavy atom. The van der Waals surface area contributed by atoms with Gasteiger partial charge in [0.25, 0.3) is 0 Å². The van der Waals surface area contributed by atoms with E-state index in [0.717, 1.165) is 31.9 Å². The summed E-state index contributed by atoms with van der Waals surface area (Å²) in [6, 6.07) is 4.08. The van der Waals surface area contributed by atoms with Gasteiger partial charge in [-0.1, -0.05) is 6.92 Å². The molecule has 1 nitrogen and oxygen atoms in total. The number of hydrogen-bond acceptors (Lipinski definition) is 1. The van der Waals surface area contributed by atoms with E-state index in [1.807, 2.05) is 0 Å². The molecule has 0 aliphatic carbocycles. The van der Waals surface area contributed by atoms with Crippen molar-refractivity contribution in [3.63, 3.8) is 0 Å². The van der Waals surface area contributed by atoms with Crippen LogP contribution in [0, 0.1) is 11.6 Å². The van der Waals surface area contributed by atoms with Crippen LogP contribution in [0.15, 0.2) is 18.2 Å². The molecule has 0 aliphatic rings. The molecule has 96 valence electrons. The Kier molecular flexibility index (Phi) is 6.12. The minimum Gasteiger partial charge on any atom is -0.314 e. The van der Waals surface area contributed by atoms with Crippen molar-refractivity contribution in [1.82, 2.24) is 5.32 Å². The van der Waals surface area contributed by atoms with E-state index in [2.05, 4.69) is 19.2 Å². The topological polar surface area (TPSA) is 12.0 Å². The predicted molar refractivity (Wildman–Crippen MR) is 67.1 cm³/mol.